The number of rotatable bonds is 1. The van der Waals surface area contributed by atoms with E-state index in [1.54, 1.807) is 17.8 Å². The molecule has 2 heterocycles. The molecule has 4 nitrogen and oxygen atoms in total. The molecule has 1 unspecified atom stereocenters. The number of nitrogens with zero attached hydrogens (tertiary/aromatic N) is 3. The van der Waals surface area contributed by atoms with Crippen LogP contribution in [-0.2, 0) is 4.79 Å². The lowest BCUT2D eigenvalue weighted by atomic mass is 9.77. The lowest BCUT2D eigenvalue weighted by Crippen LogP contribution is -2.55. The lowest BCUT2D eigenvalue weighted by molar-refractivity contribution is -0.124. The van der Waals surface area contributed by atoms with Crippen LogP contribution in [-0.4, -0.2) is 40.7 Å². The SMILES string of the molecule is CSC1=NCC2(C)C(C)=CC(=O)N(C3CCCC3)C2=N1. The summed E-state index contributed by atoms with van der Waals surface area (Å²) in [4.78, 5) is 23.7. The molecular weight excluding hydrogens is 270 g/mol. The maximum Gasteiger partial charge on any atom is 0.252 e. The Balaban J connectivity index is 2.06. The van der Waals surface area contributed by atoms with Crippen LogP contribution in [0.5, 0.6) is 0 Å². The zero-order chi connectivity index (χ0) is 14.3. The van der Waals surface area contributed by atoms with Crippen molar-refractivity contribution in [3.8, 4) is 0 Å². The number of thioether (sulfide) groups is 1. The van der Waals surface area contributed by atoms with Gasteiger partial charge in [-0.05, 0) is 32.9 Å². The summed E-state index contributed by atoms with van der Waals surface area (Å²) in [6.45, 7) is 4.88. The van der Waals surface area contributed by atoms with Crippen molar-refractivity contribution in [2.24, 2.45) is 15.4 Å². The lowest BCUT2D eigenvalue weighted by Gasteiger charge is -2.44. The average molecular weight is 291 g/mol. The number of fused-ring (bicyclic) bond motifs is 1. The summed E-state index contributed by atoms with van der Waals surface area (Å²) in [7, 11) is 0. The Morgan fingerprint density at radius 1 is 1.40 bits per heavy atom. The molecule has 2 aliphatic heterocycles. The van der Waals surface area contributed by atoms with Crippen LogP contribution in [0.1, 0.15) is 39.5 Å². The molecule has 3 aliphatic rings. The number of hydrogen-bond donors (Lipinski definition) is 0. The minimum Gasteiger partial charge on any atom is -0.293 e. The summed E-state index contributed by atoms with van der Waals surface area (Å²) in [6.07, 6.45) is 8.39. The maximum absolute atomic E-state index is 12.5. The fourth-order valence-corrected chi connectivity index (χ4v) is 3.68. The molecule has 1 fully saturated rings. The predicted octanol–water partition coefficient (Wildman–Crippen LogP) is 2.85. The number of carbonyl (C=O) groups excluding carboxylic acids is 1. The Morgan fingerprint density at radius 3 is 2.75 bits per heavy atom. The van der Waals surface area contributed by atoms with E-state index in [1.807, 2.05) is 18.1 Å². The fourth-order valence-electron chi connectivity index (χ4n) is 3.31. The molecule has 0 saturated heterocycles. The van der Waals surface area contributed by atoms with Crippen LogP contribution in [0, 0.1) is 5.41 Å². The van der Waals surface area contributed by atoms with Crippen LogP contribution in [0.15, 0.2) is 21.6 Å². The fraction of sp³-hybridized carbons (Fsp3) is 0.667. The Labute approximate surface area is 124 Å². The van der Waals surface area contributed by atoms with Gasteiger partial charge in [-0.15, -0.1) is 0 Å². The van der Waals surface area contributed by atoms with Crippen molar-refractivity contribution in [1.82, 2.24) is 4.90 Å². The van der Waals surface area contributed by atoms with E-state index in [9.17, 15) is 4.79 Å². The van der Waals surface area contributed by atoms with Gasteiger partial charge in [0.25, 0.3) is 5.91 Å². The first kappa shape index (κ1) is 13.9. The second-order valence-corrected chi connectivity index (χ2v) is 6.82. The van der Waals surface area contributed by atoms with Crippen LogP contribution < -0.4 is 0 Å². The van der Waals surface area contributed by atoms with Gasteiger partial charge in [0.2, 0.25) is 0 Å². The van der Waals surface area contributed by atoms with Crippen LogP contribution in [0.25, 0.3) is 0 Å². The standard InChI is InChI=1S/C15H21N3OS/c1-10-8-12(19)18(11-6-4-5-7-11)13-15(10,2)9-16-14(17-13)20-3/h8,11H,4-7,9H2,1-3H3. The van der Waals surface area contributed by atoms with Gasteiger partial charge in [-0.25, -0.2) is 4.99 Å². The molecule has 1 atom stereocenters. The number of amides is 1. The van der Waals surface area contributed by atoms with Gasteiger partial charge in [0, 0.05) is 12.1 Å². The highest BCUT2D eigenvalue weighted by Crippen LogP contribution is 2.40. The van der Waals surface area contributed by atoms with Crippen LogP contribution in [0.4, 0.5) is 0 Å². The van der Waals surface area contributed by atoms with Gasteiger partial charge in [0.05, 0.1) is 12.0 Å². The van der Waals surface area contributed by atoms with Gasteiger partial charge in [-0.1, -0.05) is 30.2 Å². The van der Waals surface area contributed by atoms with Gasteiger partial charge < -0.3 is 0 Å². The zero-order valence-electron chi connectivity index (χ0n) is 12.3. The van der Waals surface area contributed by atoms with E-state index in [0.717, 1.165) is 29.4 Å². The zero-order valence-corrected chi connectivity index (χ0v) is 13.2. The van der Waals surface area contributed by atoms with Gasteiger partial charge in [-0.3, -0.25) is 14.7 Å². The first-order chi connectivity index (χ1) is 9.56. The van der Waals surface area contributed by atoms with Crippen molar-refractivity contribution in [2.45, 2.75) is 45.6 Å². The second-order valence-electron chi connectivity index (χ2n) is 6.04. The largest absolute Gasteiger partial charge is 0.293 e. The molecule has 0 radical (unpaired) electrons. The van der Waals surface area contributed by atoms with Crippen molar-refractivity contribution in [2.75, 3.05) is 12.8 Å². The van der Waals surface area contributed by atoms with E-state index in [4.69, 9.17) is 4.99 Å². The number of amidine groups is 2. The number of aliphatic imine (C=N–C) groups is 2. The smallest absolute Gasteiger partial charge is 0.252 e. The first-order valence-corrected chi connectivity index (χ1v) is 8.48. The Hall–Kier alpha value is -1.10. The molecule has 1 amide bonds. The average Bonchev–Trinajstić information content (AvgIpc) is 2.94. The molecule has 3 rings (SSSR count). The highest BCUT2D eigenvalue weighted by molar-refractivity contribution is 8.13. The summed E-state index contributed by atoms with van der Waals surface area (Å²) in [6, 6.07) is 0.325. The van der Waals surface area contributed by atoms with E-state index in [-0.39, 0.29) is 11.3 Å². The third kappa shape index (κ3) is 2.03. The summed E-state index contributed by atoms with van der Waals surface area (Å²) in [5.74, 6) is 1.03. The predicted molar refractivity (Wildman–Crippen MR) is 84.2 cm³/mol. The molecule has 0 bridgehead atoms. The minimum absolute atomic E-state index is 0.105. The third-order valence-corrected chi connectivity index (χ3v) is 5.36. The van der Waals surface area contributed by atoms with E-state index >= 15 is 0 Å². The first-order valence-electron chi connectivity index (χ1n) is 7.26. The Kier molecular flexibility index (Phi) is 3.48. The molecule has 0 spiro atoms. The highest BCUT2D eigenvalue weighted by atomic mass is 32.2. The quantitative estimate of drug-likeness (QED) is 0.745. The molecule has 0 N–H and O–H groups in total. The maximum atomic E-state index is 12.5. The van der Waals surface area contributed by atoms with Crippen molar-refractivity contribution in [1.29, 1.82) is 0 Å². The highest BCUT2D eigenvalue weighted by Gasteiger charge is 2.46. The van der Waals surface area contributed by atoms with Gasteiger partial charge in [0.15, 0.2) is 5.17 Å². The van der Waals surface area contributed by atoms with Crippen molar-refractivity contribution < 1.29 is 4.79 Å². The van der Waals surface area contributed by atoms with Gasteiger partial charge in [-0.2, -0.15) is 0 Å². The minimum atomic E-state index is -0.213. The summed E-state index contributed by atoms with van der Waals surface area (Å²) < 4.78 is 0. The Morgan fingerprint density at radius 2 is 2.10 bits per heavy atom. The molecule has 0 aromatic carbocycles. The molecule has 0 aromatic rings. The Bertz CT molecular complexity index is 531. The molecule has 5 heteroatoms. The normalized spacial score (nSPS) is 30.9. The summed E-state index contributed by atoms with van der Waals surface area (Å²) in [5, 5.41) is 0.794. The van der Waals surface area contributed by atoms with Crippen molar-refractivity contribution >= 4 is 28.7 Å². The van der Waals surface area contributed by atoms with Crippen molar-refractivity contribution in [3.63, 3.8) is 0 Å². The second kappa shape index (κ2) is 5.02. The molecule has 1 saturated carbocycles. The van der Waals surface area contributed by atoms with Gasteiger partial charge >= 0.3 is 0 Å². The summed E-state index contributed by atoms with van der Waals surface area (Å²) in [5.41, 5.74) is 0.870. The van der Waals surface area contributed by atoms with E-state index < -0.39 is 0 Å². The van der Waals surface area contributed by atoms with E-state index in [1.165, 1.54) is 12.8 Å². The van der Waals surface area contributed by atoms with Crippen LogP contribution in [0.3, 0.4) is 0 Å². The van der Waals surface area contributed by atoms with Crippen LogP contribution in [0.2, 0.25) is 0 Å². The summed E-state index contributed by atoms with van der Waals surface area (Å²) >= 11 is 1.55. The van der Waals surface area contributed by atoms with Crippen LogP contribution >= 0.6 is 11.8 Å². The molecule has 1 aliphatic carbocycles. The van der Waals surface area contributed by atoms with E-state index in [2.05, 4.69) is 11.9 Å². The molecular formula is C15H21N3OS. The van der Waals surface area contributed by atoms with Gasteiger partial charge in [0.1, 0.15) is 5.84 Å². The van der Waals surface area contributed by atoms with Crippen molar-refractivity contribution in [3.05, 3.63) is 11.6 Å². The van der Waals surface area contributed by atoms with E-state index in [0.29, 0.717) is 12.6 Å². The topological polar surface area (TPSA) is 45.0 Å². The number of hydrogen-bond acceptors (Lipinski definition) is 4. The molecule has 108 valence electrons. The molecule has 0 aromatic heterocycles. The third-order valence-electron chi connectivity index (χ3n) is 4.77. The monoisotopic (exact) mass is 291 g/mol. The number of carbonyl (C=O) groups is 1. The molecule has 20 heavy (non-hydrogen) atoms.